The fourth-order valence-electron chi connectivity index (χ4n) is 3.54. The van der Waals surface area contributed by atoms with Crippen molar-refractivity contribution in [2.45, 2.75) is 49.6 Å². The van der Waals surface area contributed by atoms with Crippen molar-refractivity contribution in [3.8, 4) is 11.4 Å². The number of nitrogens with zero attached hydrogens (tertiary/aromatic N) is 3. The Morgan fingerprint density at radius 2 is 1.85 bits per heavy atom. The third kappa shape index (κ3) is 3.58. The van der Waals surface area contributed by atoms with Gasteiger partial charge in [0.1, 0.15) is 4.90 Å². The Morgan fingerprint density at radius 1 is 1.19 bits per heavy atom. The standard InChI is InChI=1S/C15H18F3N5O2S/c1-8-2-4-9(5-3-8)10-6-7-11(15(16,17)18)13(26(19,24)25)12(10)14-20-22-23-21-14/h6-9H,2-5H2,1H3,(H2,19,24,25)(H,20,21,22,23). The van der Waals surface area contributed by atoms with Gasteiger partial charge >= 0.3 is 6.18 Å². The van der Waals surface area contributed by atoms with Gasteiger partial charge in [-0.15, -0.1) is 5.10 Å². The number of rotatable bonds is 3. The van der Waals surface area contributed by atoms with Crippen molar-refractivity contribution in [1.29, 1.82) is 0 Å². The lowest BCUT2D eigenvalue weighted by molar-refractivity contribution is -0.139. The number of alkyl halides is 3. The zero-order valence-electron chi connectivity index (χ0n) is 13.9. The van der Waals surface area contributed by atoms with E-state index in [2.05, 4.69) is 27.5 Å². The lowest BCUT2D eigenvalue weighted by atomic mass is 9.77. The Balaban J connectivity index is 2.30. The number of hydrogen-bond acceptors (Lipinski definition) is 5. The van der Waals surface area contributed by atoms with Crippen LogP contribution in [0.5, 0.6) is 0 Å². The summed E-state index contributed by atoms with van der Waals surface area (Å²) in [4.78, 5) is -0.986. The molecule has 0 spiro atoms. The van der Waals surface area contributed by atoms with Crippen molar-refractivity contribution >= 4 is 10.0 Å². The molecule has 11 heteroatoms. The molecule has 1 aromatic heterocycles. The van der Waals surface area contributed by atoms with Crippen LogP contribution in [0.1, 0.15) is 49.7 Å². The second-order valence-electron chi connectivity index (χ2n) is 6.66. The minimum atomic E-state index is -4.89. The third-order valence-electron chi connectivity index (χ3n) is 4.82. The second kappa shape index (κ2) is 6.62. The molecule has 0 unspecified atom stereocenters. The van der Waals surface area contributed by atoms with E-state index in [0.717, 1.165) is 31.7 Å². The Morgan fingerprint density at radius 3 is 2.35 bits per heavy atom. The molecule has 0 radical (unpaired) electrons. The first kappa shape index (κ1) is 18.8. The van der Waals surface area contributed by atoms with Crippen LogP contribution in [0.15, 0.2) is 17.0 Å². The number of sulfonamides is 1. The largest absolute Gasteiger partial charge is 0.417 e. The van der Waals surface area contributed by atoms with E-state index < -0.39 is 26.7 Å². The summed E-state index contributed by atoms with van der Waals surface area (Å²) in [5, 5.41) is 17.9. The molecule has 0 saturated heterocycles. The molecule has 26 heavy (non-hydrogen) atoms. The van der Waals surface area contributed by atoms with Gasteiger partial charge in [-0.25, -0.2) is 18.7 Å². The molecule has 3 N–H and O–H groups in total. The third-order valence-corrected chi connectivity index (χ3v) is 5.81. The van der Waals surface area contributed by atoms with Gasteiger partial charge in [-0.3, -0.25) is 0 Å². The summed E-state index contributed by atoms with van der Waals surface area (Å²) in [5.41, 5.74) is -1.04. The van der Waals surface area contributed by atoms with Crippen LogP contribution in [0.4, 0.5) is 13.2 Å². The minimum absolute atomic E-state index is 0.0888. The first-order chi connectivity index (χ1) is 12.1. The lowest BCUT2D eigenvalue weighted by Crippen LogP contribution is -2.22. The summed E-state index contributed by atoms with van der Waals surface area (Å²) in [6.45, 7) is 2.11. The molecule has 1 aliphatic carbocycles. The van der Waals surface area contributed by atoms with E-state index in [1.54, 1.807) is 0 Å². The number of H-pyrrole nitrogens is 1. The summed E-state index contributed by atoms with van der Waals surface area (Å²) in [6.07, 6.45) is -1.59. The quantitative estimate of drug-likeness (QED) is 0.838. The molecular formula is C15H18F3N5O2S. The first-order valence-corrected chi connectivity index (χ1v) is 9.64. The molecule has 3 rings (SSSR count). The van der Waals surface area contributed by atoms with E-state index in [1.165, 1.54) is 6.07 Å². The molecule has 0 atom stereocenters. The van der Waals surface area contributed by atoms with Crippen LogP contribution < -0.4 is 5.14 Å². The van der Waals surface area contributed by atoms with Crippen molar-refractivity contribution in [2.24, 2.45) is 11.1 Å². The molecule has 7 nitrogen and oxygen atoms in total. The van der Waals surface area contributed by atoms with Crippen LogP contribution in [0.2, 0.25) is 0 Å². The maximum absolute atomic E-state index is 13.4. The number of tetrazole rings is 1. The number of hydrogen-bond donors (Lipinski definition) is 2. The van der Waals surface area contributed by atoms with E-state index in [1.807, 2.05) is 0 Å². The van der Waals surface area contributed by atoms with Crippen LogP contribution in [-0.4, -0.2) is 29.0 Å². The molecule has 142 valence electrons. The number of halogens is 3. The van der Waals surface area contributed by atoms with E-state index in [0.29, 0.717) is 11.5 Å². The maximum Gasteiger partial charge on any atom is 0.417 e. The summed E-state index contributed by atoms with van der Waals surface area (Å²) >= 11 is 0. The summed E-state index contributed by atoms with van der Waals surface area (Å²) in [5.74, 6) is 0.289. The number of nitrogens with two attached hydrogens (primary N) is 1. The number of aromatic nitrogens is 4. The fraction of sp³-hybridized carbons (Fsp3) is 0.533. The number of benzene rings is 1. The van der Waals surface area contributed by atoms with Crippen molar-refractivity contribution < 1.29 is 21.6 Å². The Kier molecular flexibility index (Phi) is 4.78. The van der Waals surface area contributed by atoms with Crippen molar-refractivity contribution in [3.05, 3.63) is 23.3 Å². The van der Waals surface area contributed by atoms with E-state index in [4.69, 9.17) is 5.14 Å². The second-order valence-corrected chi connectivity index (χ2v) is 8.15. The Hall–Kier alpha value is -2.01. The van der Waals surface area contributed by atoms with E-state index in [9.17, 15) is 21.6 Å². The van der Waals surface area contributed by atoms with Gasteiger partial charge in [-0.1, -0.05) is 25.8 Å². The van der Waals surface area contributed by atoms with Crippen molar-refractivity contribution in [2.75, 3.05) is 0 Å². The highest BCUT2D eigenvalue weighted by atomic mass is 32.2. The van der Waals surface area contributed by atoms with Crippen LogP contribution in [0.25, 0.3) is 11.4 Å². The monoisotopic (exact) mass is 389 g/mol. The molecular weight excluding hydrogens is 371 g/mol. The van der Waals surface area contributed by atoms with Crippen LogP contribution in [0, 0.1) is 5.92 Å². The average Bonchev–Trinajstić information content (AvgIpc) is 3.06. The molecule has 1 fully saturated rings. The van der Waals surface area contributed by atoms with Gasteiger partial charge in [-0.05, 0) is 46.7 Å². The Labute approximate surface area is 148 Å². The molecule has 1 aromatic carbocycles. The van der Waals surface area contributed by atoms with Gasteiger partial charge in [-0.2, -0.15) is 13.2 Å². The smallest absolute Gasteiger partial charge is 0.239 e. The molecule has 1 aliphatic rings. The topological polar surface area (TPSA) is 115 Å². The first-order valence-electron chi connectivity index (χ1n) is 8.10. The zero-order valence-corrected chi connectivity index (χ0v) is 14.7. The van der Waals surface area contributed by atoms with Crippen molar-refractivity contribution in [3.63, 3.8) is 0 Å². The molecule has 2 aromatic rings. The highest BCUT2D eigenvalue weighted by molar-refractivity contribution is 7.89. The van der Waals surface area contributed by atoms with Crippen LogP contribution in [-0.2, 0) is 16.2 Å². The number of primary sulfonamides is 1. The summed E-state index contributed by atoms with van der Waals surface area (Å²) < 4.78 is 64.5. The van der Waals surface area contributed by atoms with E-state index >= 15 is 0 Å². The maximum atomic E-state index is 13.4. The summed E-state index contributed by atoms with van der Waals surface area (Å²) in [6, 6.07) is 2.09. The zero-order chi connectivity index (χ0) is 19.1. The minimum Gasteiger partial charge on any atom is -0.239 e. The van der Waals surface area contributed by atoms with E-state index in [-0.39, 0.29) is 17.3 Å². The SMILES string of the molecule is CC1CCC(c2ccc(C(F)(F)F)c(S(N)(=O)=O)c2-c2nnn[nH]2)CC1. The average molecular weight is 389 g/mol. The highest BCUT2D eigenvalue weighted by Gasteiger charge is 2.40. The number of aromatic amines is 1. The summed E-state index contributed by atoms with van der Waals surface area (Å²) in [7, 11) is -4.68. The van der Waals surface area contributed by atoms with Gasteiger partial charge in [0.05, 0.1) is 5.56 Å². The highest BCUT2D eigenvalue weighted by Crippen LogP contribution is 2.45. The van der Waals surface area contributed by atoms with Gasteiger partial charge in [0, 0.05) is 5.56 Å². The van der Waals surface area contributed by atoms with Crippen molar-refractivity contribution in [1.82, 2.24) is 20.6 Å². The molecule has 0 bridgehead atoms. The molecule has 1 heterocycles. The number of nitrogens with one attached hydrogen (secondary N) is 1. The van der Waals surface area contributed by atoms with Crippen LogP contribution in [0.3, 0.4) is 0 Å². The van der Waals surface area contributed by atoms with Gasteiger partial charge in [0.25, 0.3) is 0 Å². The van der Waals surface area contributed by atoms with Gasteiger partial charge in [0.15, 0.2) is 5.82 Å². The normalized spacial score (nSPS) is 21.7. The predicted octanol–water partition coefficient (Wildman–Crippen LogP) is 2.83. The predicted molar refractivity (Wildman–Crippen MR) is 86.4 cm³/mol. The molecule has 0 aliphatic heterocycles. The van der Waals surface area contributed by atoms with Gasteiger partial charge < -0.3 is 0 Å². The molecule has 0 amide bonds. The fourth-order valence-corrected chi connectivity index (χ4v) is 4.53. The Bertz CT molecular complexity index is 889. The van der Waals surface area contributed by atoms with Gasteiger partial charge in [0.2, 0.25) is 10.0 Å². The molecule has 1 saturated carbocycles. The lowest BCUT2D eigenvalue weighted by Gasteiger charge is -2.29. The van der Waals surface area contributed by atoms with Crippen LogP contribution >= 0.6 is 0 Å².